The third-order valence-electron chi connectivity index (χ3n) is 5.10. The lowest BCUT2D eigenvalue weighted by atomic mass is 9.99. The fourth-order valence-electron chi connectivity index (χ4n) is 3.69. The van der Waals surface area contributed by atoms with E-state index in [9.17, 15) is 9.59 Å². The lowest BCUT2D eigenvalue weighted by molar-refractivity contribution is -0.139. The minimum Gasteiger partial charge on any atom is -0.493 e. The van der Waals surface area contributed by atoms with Gasteiger partial charge in [-0.1, -0.05) is 18.2 Å². The van der Waals surface area contributed by atoms with Crippen LogP contribution < -0.4 is 9.64 Å². The van der Waals surface area contributed by atoms with Crippen molar-refractivity contribution >= 4 is 17.6 Å². The second kappa shape index (κ2) is 10.0. The number of carbonyl (C=O) groups is 2. The molecule has 0 aliphatic carbocycles. The van der Waals surface area contributed by atoms with Crippen molar-refractivity contribution in [3.8, 4) is 16.9 Å². The summed E-state index contributed by atoms with van der Waals surface area (Å²) in [5.41, 5.74) is 4.99. The first-order chi connectivity index (χ1) is 15.4. The molecule has 3 rings (SSSR count). The maximum atomic E-state index is 12.7. The molecular formula is C26H27NO5. The van der Waals surface area contributed by atoms with Gasteiger partial charge < -0.3 is 19.1 Å². The van der Waals surface area contributed by atoms with Crippen molar-refractivity contribution in [3.05, 3.63) is 83.2 Å². The topological polar surface area (TPSA) is 65.1 Å². The first-order valence-corrected chi connectivity index (χ1v) is 10.3. The smallest absolute Gasteiger partial charge is 0.355 e. The molecular weight excluding hydrogens is 406 g/mol. The highest BCUT2D eigenvalue weighted by Crippen LogP contribution is 2.33. The number of nitrogens with zero attached hydrogens (tertiary/aromatic N) is 1. The number of hydrogen-bond acceptors (Lipinski definition) is 6. The predicted molar refractivity (Wildman–Crippen MR) is 124 cm³/mol. The quantitative estimate of drug-likeness (QED) is 0.606. The summed E-state index contributed by atoms with van der Waals surface area (Å²) >= 11 is 0. The third-order valence-corrected chi connectivity index (χ3v) is 5.10. The molecule has 1 aliphatic heterocycles. The number of hydrogen-bond donors (Lipinski definition) is 0. The summed E-state index contributed by atoms with van der Waals surface area (Å²) in [4.78, 5) is 26.7. The van der Waals surface area contributed by atoms with Crippen molar-refractivity contribution in [1.29, 1.82) is 0 Å². The highest BCUT2D eigenvalue weighted by molar-refractivity contribution is 6.05. The predicted octanol–water partition coefficient (Wildman–Crippen LogP) is 4.86. The Kier molecular flexibility index (Phi) is 7.15. The van der Waals surface area contributed by atoms with Gasteiger partial charge in [-0.15, -0.1) is 0 Å². The van der Waals surface area contributed by atoms with E-state index in [1.54, 1.807) is 23.3 Å². The zero-order chi connectivity index (χ0) is 23.3. The summed E-state index contributed by atoms with van der Waals surface area (Å²) in [6.07, 6.45) is 6.68. The Labute approximate surface area is 188 Å². The average molecular weight is 434 g/mol. The Morgan fingerprint density at radius 3 is 2.22 bits per heavy atom. The Morgan fingerprint density at radius 1 is 0.906 bits per heavy atom. The van der Waals surface area contributed by atoms with Crippen LogP contribution in [0, 0.1) is 13.8 Å². The molecule has 1 heterocycles. The summed E-state index contributed by atoms with van der Waals surface area (Å²) in [7, 11) is 2.56. The largest absolute Gasteiger partial charge is 0.493 e. The number of aryl methyl sites for hydroxylation is 2. The lowest BCUT2D eigenvalue weighted by Gasteiger charge is -2.23. The Morgan fingerprint density at radius 2 is 1.59 bits per heavy atom. The van der Waals surface area contributed by atoms with Crippen molar-refractivity contribution in [2.24, 2.45) is 0 Å². The fourth-order valence-corrected chi connectivity index (χ4v) is 3.69. The van der Waals surface area contributed by atoms with Gasteiger partial charge in [-0.3, -0.25) is 0 Å². The van der Waals surface area contributed by atoms with Crippen molar-refractivity contribution in [2.75, 3.05) is 25.7 Å². The first kappa shape index (κ1) is 22.9. The van der Waals surface area contributed by atoms with Crippen LogP contribution >= 0.6 is 0 Å². The molecule has 0 fully saturated rings. The molecule has 0 atom stereocenters. The van der Waals surface area contributed by atoms with Gasteiger partial charge in [-0.25, -0.2) is 9.59 Å². The Hall–Kier alpha value is -3.80. The zero-order valence-electron chi connectivity index (χ0n) is 19.0. The van der Waals surface area contributed by atoms with Crippen LogP contribution in [0.25, 0.3) is 11.1 Å². The van der Waals surface area contributed by atoms with Crippen LogP contribution in [0.2, 0.25) is 0 Å². The highest BCUT2D eigenvalue weighted by Gasteiger charge is 2.27. The van der Waals surface area contributed by atoms with E-state index in [1.165, 1.54) is 20.3 Å². The van der Waals surface area contributed by atoms with E-state index < -0.39 is 11.9 Å². The molecule has 2 aromatic carbocycles. The maximum absolute atomic E-state index is 12.7. The lowest BCUT2D eigenvalue weighted by Crippen LogP contribution is -2.26. The molecule has 0 unspecified atom stereocenters. The number of carbonyl (C=O) groups excluding carboxylic acids is 2. The molecule has 0 aromatic heterocycles. The van der Waals surface area contributed by atoms with Crippen LogP contribution in [-0.4, -0.2) is 32.8 Å². The first-order valence-electron chi connectivity index (χ1n) is 10.3. The molecule has 0 spiro atoms. The highest BCUT2D eigenvalue weighted by atomic mass is 16.5. The zero-order valence-corrected chi connectivity index (χ0v) is 19.0. The van der Waals surface area contributed by atoms with Gasteiger partial charge in [0.15, 0.2) is 0 Å². The summed E-state index contributed by atoms with van der Waals surface area (Å²) in [6.45, 7) is 6.62. The molecule has 2 aromatic rings. The summed E-state index contributed by atoms with van der Waals surface area (Å²) < 4.78 is 15.6. The van der Waals surface area contributed by atoms with Crippen LogP contribution in [0.5, 0.6) is 5.75 Å². The second-order valence-corrected chi connectivity index (χ2v) is 7.24. The Bertz CT molecular complexity index is 1100. The molecule has 1 aliphatic rings. The minimum atomic E-state index is -0.639. The maximum Gasteiger partial charge on any atom is 0.355 e. The molecule has 0 radical (unpaired) electrons. The van der Waals surface area contributed by atoms with E-state index in [2.05, 4.69) is 12.1 Å². The van der Waals surface area contributed by atoms with Gasteiger partial charge in [-0.2, -0.15) is 0 Å². The van der Waals surface area contributed by atoms with Crippen LogP contribution in [0.4, 0.5) is 5.69 Å². The molecule has 32 heavy (non-hydrogen) atoms. The van der Waals surface area contributed by atoms with Crippen LogP contribution in [0.1, 0.15) is 18.1 Å². The van der Waals surface area contributed by atoms with E-state index >= 15 is 0 Å². The van der Waals surface area contributed by atoms with Gasteiger partial charge in [0.2, 0.25) is 0 Å². The Balaban J connectivity index is 2.12. The van der Waals surface area contributed by atoms with Gasteiger partial charge in [-0.05, 0) is 79.4 Å². The van der Waals surface area contributed by atoms with E-state index in [-0.39, 0.29) is 11.3 Å². The van der Waals surface area contributed by atoms with Gasteiger partial charge >= 0.3 is 11.9 Å². The van der Waals surface area contributed by atoms with E-state index in [0.717, 1.165) is 28.0 Å². The van der Waals surface area contributed by atoms with Crippen molar-refractivity contribution in [3.63, 3.8) is 0 Å². The second-order valence-electron chi connectivity index (χ2n) is 7.24. The molecule has 0 saturated heterocycles. The molecule has 166 valence electrons. The number of rotatable bonds is 6. The van der Waals surface area contributed by atoms with Crippen molar-refractivity contribution in [2.45, 2.75) is 20.8 Å². The molecule has 0 amide bonds. The van der Waals surface area contributed by atoms with E-state index in [4.69, 9.17) is 14.2 Å². The monoisotopic (exact) mass is 433 g/mol. The molecule has 0 N–H and O–H groups in total. The van der Waals surface area contributed by atoms with Crippen molar-refractivity contribution in [1.82, 2.24) is 0 Å². The number of allylic oxidation sites excluding steroid dienone is 2. The number of anilines is 1. The van der Waals surface area contributed by atoms with Gasteiger partial charge in [0, 0.05) is 11.9 Å². The van der Waals surface area contributed by atoms with Crippen LogP contribution in [-0.2, 0) is 19.1 Å². The number of benzene rings is 2. The van der Waals surface area contributed by atoms with Gasteiger partial charge in [0.1, 0.15) is 11.4 Å². The number of esters is 2. The van der Waals surface area contributed by atoms with E-state index in [0.29, 0.717) is 12.3 Å². The van der Waals surface area contributed by atoms with E-state index in [1.807, 2.05) is 45.0 Å². The average Bonchev–Trinajstić information content (AvgIpc) is 3.03. The molecule has 6 nitrogen and oxygen atoms in total. The molecule has 0 bridgehead atoms. The number of methoxy groups -OCH3 is 2. The summed E-state index contributed by atoms with van der Waals surface area (Å²) in [5, 5.41) is 0. The van der Waals surface area contributed by atoms with Gasteiger partial charge in [0.05, 0.1) is 26.4 Å². The summed E-state index contributed by atoms with van der Waals surface area (Å²) in [5.74, 6) is -0.364. The van der Waals surface area contributed by atoms with Crippen LogP contribution in [0.3, 0.4) is 0 Å². The summed E-state index contributed by atoms with van der Waals surface area (Å²) in [6, 6.07) is 11.9. The van der Waals surface area contributed by atoms with Gasteiger partial charge in [0.25, 0.3) is 0 Å². The SMILES string of the molecule is CCOc1c(C)cc(-c2cccc(N3C=CC=CC(C(=O)OC)=C3C(=O)OC)c2)cc1C. The standard InChI is InChI=1S/C26H27NO5/c1-6-32-24-17(2)14-20(15-18(24)3)19-10-9-11-21(16-19)27-13-8-7-12-22(25(28)30-4)23(27)26(29)31-5/h7-16H,6H2,1-5H3. The molecule has 6 heteroatoms. The minimum absolute atomic E-state index is 0.0838. The third kappa shape index (κ3) is 4.59. The normalized spacial score (nSPS) is 13.1. The fraction of sp³-hybridized carbons (Fsp3) is 0.231. The molecule has 0 saturated carbocycles. The number of ether oxygens (including phenoxy) is 3. The van der Waals surface area contributed by atoms with Crippen LogP contribution in [0.15, 0.2) is 72.1 Å². The van der Waals surface area contributed by atoms with Crippen molar-refractivity contribution < 1.29 is 23.8 Å².